The van der Waals surface area contributed by atoms with Crippen LogP contribution in [0, 0.1) is 17.0 Å². The van der Waals surface area contributed by atoms with E-state index in [0.717, 1.165) is 0 Å². The molecule has 0 saturated heterocycles. The number of nitro groups is 1. The van der Waals surface area contributed by atoms with Gasteiger partial charge in [-0.2, -0.15) is 0 Å². The van der Waals surface area contributed by atoms with Gasteiger partial charge in [-0.3, -0.25) is 14.9 Å². The van der Waals surface area contributed by atoms with Gasteiger partial charge in [0.2, 0.25) is 0 Å². The standard InChI is InChI=1S/C14H10BrClN2O3/c1-8-6-9(2-5-13(8)18(20)21)14(19)17-12-4-3-10(16)7-11(12)15/h2-7H,1H3,(H,17,19). The van der Waals surface area contributed by atoms with Crippen LogP contribution in [0.4, 0.5) is 11.4 Å². The van der Waals surface area contributed by atoms with Crippen LogP contribution in [0.1, 0.15) is 15.9 Å². The lowest BCUT2D eigenvalue weighted by atomic mass is 10.1. The number of hydrogen-bond acceptors (Lipinski definition) is 3. The molecule has 0 bridgehead atoms. The second-order valence-electron chi connectivity index (χ2n) is 4.34. The molecular formula is C14H10BrClN2O3. The van der Waals surface area contributed by atoms with E-state index in [4.69, 9.17) is 11.6 Å². The van der Waals surface area contributed by atoms with Crippen LogP contribution in [0.5, 0.6) is 0 Å². The Labute approximate surface area is 134 Å². The van der Waals surface area contributed by atoms with Crippen molar-refractivity contribution in [3.05, 3.63) is 67.1 Å². The first-order chi connectivity index (χ1) is 9.88. The minimum absolute atomic E-state index is 0.0146. The highest BCUT2D eigenvalue weighted by molar-refractivity contribution is 9.10. The molecule has 0 spiro atoms. The molecule has 0 atom stereocenters. The van der Waals surface area contributed by atoms with Gasteiger partial charge in [-0.15, -0.1) is 0 Å². The summed E-state index contributed by atoms with van der Waals surface area (Å²) in [5.41, 5.74) is 1.34. The maximum atomic E-state index is 12.1. The summed E-state index contributed by atoms with van der Waals surface area (Å²) < 4.78 is 0.655. The van der Waals surface area contributed by atoms with Crippen molar-refractivity contribution in [1.82, 2.24) is 0 Å². The molecule has 0 radical (unpaired) electrons. The Bertz CT molecular complexity index is 734. The first-order valence-corrected chi connectivity index (χ1v) is 7.07. The van der Waals surface area contributed by atoms with Crippen LogP contribution in [0.25, 0.3) is 0 Å². The van der Waals surface area contributed by atoms with E-state index in [0.29, 0.717) is 26.3 Å². The molecule has 1 amide bonds. The van der Waals surface area contributed by atoms with Crippen molar-refractivity contribution >= 4 is 44.8 Å². The van der Waals surface area contributed by atoms with Crippen molar-refractivity contribution < 1.29 is 9.72 Å². The van der Waals surface area contributed by atoms with E-state index in [1.807, 2.05) is 0 Å². The molecule has 0 heterocycles. The lowest BCUT2D eigenvalue weighted by Gasteiger charge is -2.08. The Morgan fingerprint density at radius 3 is 2.57 bits per heavy atom. The Morgan fingerprint density at radius 1 is 1.29 bits per heavy atom. The van der Waals surface area contributed by atoms with Crippen molar-refractivity contribution in [2.24, 2.45) is 0 Å². The van der Waals surface area contributed by atoms with Crippen molar-refractivity contribution in [2.75, 3.05) is 5.32 Å². The highest BCUT2D eigenvalue weighted by Gasteiger charge is 2.14. The summed E-state index contributed by atoms with van der Waals surface area (Å²) in [5.74, 6) is -0.351. The van der Waals surface area contributed by atoms with Gasteiger partial charge in [0.25, 0.3) is 11.6 Å². The molecule has 0 aliphatic rings. The highest BCUT2D eigenvalue weighted by atomic mass is 79.9. The number of anilines is 1. The second-order valence-corrected chi connectivity index (χ2v) is 5.63. The average molecular weight is 370 g/mol. The molecule has 2 aromatic carbocycles. The predicted octanol–water partition coefficient (Wildman–Crippen LogP) is 4.57. The van der Waals surface area contributed by atoms with Gasteiger partial charge in [-0.05, 0) is 53.2 Å². The number of rotatable bonds is 3. The number of amides is 1. The van der Waals surface area contributed by atoms with E-state index in [1.54, 1.807) is 25.1 Å². The van der Waals surface area contributed by atoms with E-state index >= 15 is 0 Å². The summed E-state index contributed by atoms with van der Waals surface area (Å²) in [6.07, 6.45) is 0. The Morgan fingerprint density at radius 2 is 2.00 bits per heavy atom. The van der Waals surface area contributed by atoms with Crippen LogP contribution in [-0.4, -0.2) is 10.8 Å². The summed E-state index contributed by atoms with van der Waals surface area (Å²) in [5, 5.41) is 14.0. The topological polar surface area (TPSA) is 72.2 Å². The number of carbonyl (C=O) groups is 1. The normalized spacial score (nSPS) is 10.2. The molecule has 0 aliphatic carbocycles. The first kappa shape index (κ1) is 15.5. The van der Waals surface area contributed by atoms with Crippen molar-refractivity contribution in [3.8, 4) is 0 Å². The molecule has 2 rings (SSSR count). The zero-order valence-electron chi connectivity index (χ0n) is 10.9. The molecule has 2 aromatic rings. The highest BCUT2D eigenvalue weighted by Crippen LogP contribution is 2.27. The van der Waals surface area contributed by atoms with Crippen LogP contribution in [0.2, 0.25) is 5.02 Å². The molecule has 0 unspecified atom stereocenters. The molecule has 0 fully saturated rings. The van der Waals surface area contributed by atoms with E-state index < -0.39 is 4.92 Å². The first-order valence-electron chi connectivity index (χ1n) is 5.90. The van der Waals surface area contributed by atoms with Crippen LogP contribution < -0.4 is 5.32 Å². The van der Waals surface area contributed by atoms with E-state index in [9.17, 15) is 14.9 Å². The minimum atomic E-state index is -0.479. The maximum absolute atomic E-state index is 12.1. The average Bonchev–Trinajstić information content (AvgIpc) is 2.41. The maximum Gasteiger partial charge on any atom is 0.272 e. The van der Waals surface area contributed by atoms with Crippen molar-refractivity contribution in [1.29, 1.82) is 0 Å². The minimum Gasteiger partial charge on any atom is -0.321 e. The number of aryl methyl sites for hydroxylation is 1. The predicted molar refractivity (Wildman–Crippen MR) is 84.9 cm³/mol. The van der Waals surface area contributed by atoms with Gasteiger partial charge >= 0.3 is 0 Å². The smallest absolute Gasteiger partial charge is 0.272 e. The zero-order chi connectivity index (χ0) is 15.6. The summed E-state index contributed by atoms with van der Waals surface area (Å²) in [6.45, 7) is 1.59. The molecule has 108 valence electrons. The number of halogens is 2. The fraction of sp³-hybridized carbons (Fsp3) is 0.0714. The number of benzene rings is 2. The fourth-order valence-corrected chi connectivity index (χ4v) is 2.57. The zero-order valence-corrected chi connectivity index (χ0v) is 13.2. The lowest BCUT2D eigenvalue weighted by molar-refractivity contribution is -0.385. The quantitative estimate of drug-likeness (QED) is 0.636. The third kappa shape index (κ3) is 3.59. The Hall–Kier alpha value is -1.92. The van der Waals surface area contributed by atoms with Crippen LogP contribution in [0.15, 0.2) is 40.9 Å². The van der Waals surface area contributed by atoms with Gasteiger partial charge < -0.3 is 5.32 Å². The second kappa shape index (κ2) is 6.24. The third-order valence-corrected chi connectivity index (χ3v) is 3.73. The number of hydrogen-bond donors (Lipinski definition) is 1. The molecule has 0 aromatic heterocycles. The van der Waals surface area contributed by atoms with Gasteiger partial charge in [0.15, 0.2) is 0 Å². The van der Waals surface area contributed by atoms with Gasteiger partial charge in [0, 0.05) is 26.7 Å². The third-order valence-electron chi connectivity index (χ3n) is 2.84. The molecule has 21 heavy (non-hydrogen) atoms. The fourth-order valence-electron chi connectivity index (χ4n) is 1.79. The lowest BCUT2D eigenvalue weighted by Crippen LogP contribution is -2.12. The summed E-state index contributed by atoms with van der Waals surface area (Å²) in [4.78, 5) is 22.4. The van der Waals surface area contributed by atoms with Gasteiger partial charge in [-0.25, -0.2) is 0 Å². The van der Waals surface area contributed by atoms with Crippen molar-refractivity contribution in [2.45, 2.75) is 6.92 Å². The largest absolute Gasteiger partial charge is 0.321 e. The van der Waals surface area contributed by atoms with E-state index in [-0.39, 0.29) is 11.6 Å². The van der Waals surface area contributed by atoms with Crippen LogP contribution in [0.3, 0.4) is 0 Å². The molecule has 5 nitrogen and oxygen atoms in total. The Kier molecular flexibility index (Phi) is 4.59. The van der Waals surface area contributed by atoms with Gasteiger partial charge in [0.1, 0.15) is 0 Å². The van der Waals surface area contributed by atoms with E-state index in [1.165, 1.54) is 18.2 Å². The number of nitrogens with zero attached hydrogens (tertiary/aromatic N) is 1. The molecule has 0 saturated carbocycles. The van der Waals surface area contributed by atoms with Crippen LogP contribution >= 0.6 is 27.5 Å². The van der Waals surface area contributed by atoms with Gasteiger partial charge in [-0.1, -0.05) is 11.6 Å². The van der Waals surface area contributed by atoms with Gasteiger partial charge in [0.05, 0.1) is 10.6 Å². The summed E-state index contributed by atoms with van der Waals surface area (Å²) in [6, 6.07) is 9.21. The summed E-state index contributed by atoms with van der Waals surface area (Å²) >= 11 is 9.14. The Balaban J connectivity index is 2.24. The summed E-state index contributed by atoms with van der Waals surface area (Å²) in [7, 11) is 0. The molecule has 0 aliphatic heterocycles. The number of nitro benzene ring substituents is 1. The van der Waals surface area contributed by atoms with Crippen LogP contribution in [-0.2, 0) is 0 Å². The van der Waals surface area contributed by atoms with E-state index in [2.05, 4.69) is 21.2 Å². The molecular weight excluding hydrogens is 360 g/mol. The van der Waals surface area contributed by atoms with Crippen molar-refractivity contribution in [3.63, 3.8) is 0 Å². The molecule has 7 heteroatoms. The number of carbonyl (C=O) groups excluding carboxylic acids is 1. The molecule has 1 N–H and O–H groups in total. The SMILES string of the molecule is Cc1cc(C(=O)Nc2ccc(Cl)cc2Br)ccc1[N+](=O)[O-]. The monoisotopic (exact) mass is 368 g/mol. The number of nitrogens with one attached hydrogen (secondary N) is 1.